The molecule has 1 aromatic heterocycles. The Labute approximate surface area is 162 Å². The molecule has 0 spiro atoms. The highest BCUT2D eigenvalue weighted by Crippen LogP contribution is 2.42. The van der Waals surface area contributed by atoms with Crippen molar-refractivity contribution in [1.82, 2.24) is 0 Å². The number of carbonyl (C=O) groups is 2. The maximum atomic E-state index is 12.8. The molecule has 0 amide bonds. The average molecular weight is 386 g/mol. The molecule has 0 saturated carbocycles. The van der Waals surface area contributed by atoms with Crippen LogP contribution >= 0.6 is 11.3 Å². The normalized spacial score (nSPS) is 19.4. The second-order valence-corrected chi connectivity index (χ2v) is 7.02. The Bertz CT molecular complexity index is 853. The Morgan fingerprint density at radius 1 is 1.19 bits per heavy atom. The van der Waals surface area contributed by atoms with Gasteiger partial charge in [-0.05, 0) is 65.1 Å². The van der Waals surface area contributed by atoms with E-state index in [-0.39, 0.29) is 18.3 Å². The molecule has 1 aliphatic rings. The summed E-state index contributed by atoms with van der Waals surface area (Å²) in [7, 11) is 3.13. The van der Waals surface area contributed by atoms with Crippen molar-refractivity contribution >= 4 is 28.7 Å². The van der Waals surface area contributed by atoms with E-state index in [1.54, 1.807) is 44.6 Å². The highest BCUT2D eigenvalue weighted by Gasteiger charge is 2.40. The third-order valence-electron chi connectivity index (χ3n) is 4.73. The first-order valence-corrected chi connectivity index (χ1v) is 9.68. The van der Waals surface area contributed by atoms with Crippen LogP contribution in [0.1, 0.15) is 30.4 Å². The van der Waals surface area contributed by atoms with E-state index in [1.807, 2.05) is 29.0 Å². The summed E-state index contributed by atoms with van der Waals surface area (Å²) >= 11 is 1.58. The molecule has 142 valence electrons. The van der Waals surface area contributed by atoms with Crippen LogP contribution in [0.15, 0.2) is 41.1 Å². The van der Waals surface area contributed by atoms with Crippen LogP contribution < -0.4 is 9.47 Å². The predicted molar refractivity (Wildman–Crippen MR) is 104 cm³/mol. The number of methoxy groups -OCH3 is 2. The number of esters is 1. The van der Waals surface area contributed by atoms with Gasteiger partial charge in [0.25, 0.3) is 0 Å². The van der Waals surface area contributed by atoms with E-state index >= 15 is 0 Å². The zero-order chi connectivity index (χ0) is 19.4. The van der Waals surface area contributed by atoms with Crippen molar-refractivity contribution in [2.75, 3.05) is 20.8 Å². The van der Waals surface area contributed by atoms with Crippen LogP contribution in [0.2, 0.25) is 0 Å². The van der Waals surface area contributed by atoms with Gasteiger partial charge in [-0.3, -0.25) is 9.59 Å². The molecule has 0 unspecified atom stereocenters. The molecule has 6 heteroatoms. The Balaban J connectivity index is 2.04. The predicted octanol–water partition coefficient (Wildman–Crippen LogP) is 4.08. The lowest BCUT2D eigenvalue weighted by Crippen LogP contribution is -2.34. The molecule has 5 nitrogen and oxygen atoms in total. The SMILES string of the molecule is CCOC(=O)[C@@H]1C(=O)C=C(c2ccsc2)C[C@@H]1c1ccc(OC)c(OC)c1. The fraction of sp³-hybridized carbons (Fsp3) is 0.333. The number of benzene rings is 1. The number of thiophene rings is 1. The lowest BCUT2D eigenvalue weighted by atomic mass is 9.74. The monoisotopic (exact) mass is 386 g/mol. The van der Waals surface area contributed by atoms with Crippen molar-refractivity contribution in [1.29, 1.82) is 0 Å². The van der Waals surface area contributed by atoms with Gasteiger partial charge in [-0.25, -0.2) is 0 Å². The van der Waals surface area contributed by atoms with Crippen LogP contribution in [0, 0.1) is 5.92 Å². The van der Waals surface area contributed by atoms with E-state index in [9.17, 15) is 9.59 Å². The Morgan fingerprint density at radius 2 is 1.96 bits per heavy atom. The quantitative estimate of drug-likeness (QED) is 0.553. The molecular weight excluding hydrogens is 364 g/mol. The first kappa shape index (κ1) is 19.2. The van der Waals surface area contributed by atoms with Crippen molar-refractivity contribution < 1.29 is 23.8 Å². The van der Waals surface area contributed by atoms with Gasteiger partial charge in [-0.2, -0.15) is 11.3 Å². The van der Waals surface area contributed by atoms with E-state index < -0.39 is 11.9 Å². The Kier molecular flexibility index (Phi) is 5.96. The fourth-order valence-corrected chi connectivity index (χ4v) is 4.11. The first-order chi connectivity index (χ1) is 13.1. The summed E-state index contributed by atoms with van der Waals surface area (Å²) in [6, 6.07) is 7.49. The summed E-state index contributed by atoms with van der Waals surface area (Å²) in [6.45, 7) is 1.98. The zero-order valence-electron chi connectivity index (χ0n) is 15.6. The van der Waals surface area contributed by atoms with Gasteiger partial charge in [0.2, 0.25) is 0 Å². The fourth-order valence-electron chi connectivity index (χ4n) is 3.43. The van der Waals surface area contributed by atoms with E-state index in [4.69, 9.17) is 14.2 Å². The van der Waals surface area contributed by atoms with Crippen LogP contribution in [0.5, 0.6) is 11.5 Å². The number of hydrogen-bond acceptors (Lipinski definition) is 6. The van der Waals surface area contributed by atoms with Gasteiger partial charge >= 0.3 is 5.97 Å². The number of ketones is 1. The maximum absolute atomic E-state index is 12.8. The minimum Gasteiger partial charge on any atom is -0.493 e. The molecule has 1 aromatic carbocycles. The molecule has 0 aliphatic heterocycles. The van der Waals surface area contributed by atoms with Gasteiger partial charge in [0.15, 0.2) is 17.3 Å². The van der Waals surface area contributed by atoms with E-state index in [2.05, 4.69) is 0 Å². The van der Waals surface area contributed by atoms with Crippen molar-refractivity contribution in [3.05, 3.63) is 52.2 Å². The van der Waals surface area contributed by atoms with Crippen molar-refractivity contribution in [2.45, 2.75) is 19.3 Å². The molecule has 1 aliphatic carbocycles. The minimum atomic E-state index is -0.856. The minimum absolute atomic E-state index is 0.222. The molecule has 0 radical (unpaired) electrons. The topological polar surface area (TPSA) is 61.8 Å². The molecule has 2 aromatic rings. The molecule has 0 saturated heterocycles. The number of hydrogen-bond donors (Lipinski definition) is 0. The molecule has 0 fully saturated rings. The number of allylic oxidation sites excluding steroid dienone is 2. The molecule has 0 bridgehead atoms. The van der Waals surface area contributed by atoms with Gasteiger partial charge < -0.3 is 14.2 Å². The third kappa shape index (κ3) is 3.90. The van der Waals surface area contributed by atoms with E-state index in [1.165, 1.54) is 0 Å². The Hall–Kier alpha value is -2.60. The van der Waals surface area contributed by atoms with Gasteiger partial charge in [0, 0.05) is 5.92 Å². The van der Waals surface area contributed by atoms with Crippen LogP contribution in [0.25, 0.3) is 5.57 Å². The lowest BCUT2D eigenvalue weighted by molar-refractivity contribution is -0.151. The summed E-state index contributed by atoms with van der Waals surface area (Å²) in [5.74, 6) is -0.716. The largest absolute Gasteiger partial charge is 0.493 e. The van der Waals surface area contributed by atoms with Crippen LogP contribution in [-0.4, -0.2) is 32.6 Å². The van der Waals surface area contributed by atoms with Crippen molar-refractivity contribution in [3.63, 3.8) is 0 Å². The van der Waals surface area contributed by atoms with Gasteiger partial charge in [0.05, 0.1) is 20.8 Å². The molecule has 2 atom stereocenters. The van der Waals surface area contributed by atoms with Crippen molar-refractivity contribution in [3.8, 4) is 11.5 Å². The smallest absolute Gasteiger partial charge is 0.317 e. The number of rotatable bonds is 6. The van der Waals surface area contributed by atoms with E-state index in [0.29, 0.717) is 17.9 Å². The highest BCUT2D eigenvalue weighted by molar-refractivity contribution is 7.08. The summed E-state index contributed by atoms with van der Waals surface area (Å²) in [5, 5.41) is 3.99. The number of ether oxygens (including phenoxy) is 3. The standard InChI is InChI=1S/C21H22O5S/c1-4-26-21(23)20-16(13-5-6-18(24-2)19(11-13)25-3)9-15(10-17(20)22)14-7-8-27-12-14/h5-8,10-12,16,20H,4,9H2,1-3H3/t16-,20+/m1/s1. The summed E-state index contributed by atoms with van der Waals surface area (Å²) < 4.78 is 15.9. The zero-order valence-corrected chi connectivity index (χ0v) is 16.4. The summed E-state index contributed by atoms with van der Waals surface area (Å²) in [4.78, 5) is 25.4. The molecule has 27 heavy (non-hydrogen) atoms. The molecule has 3 rings (SSSR count). The van der Waals surface area contributed by atoms with Crippen LogP contribution in [-0.2, 0) is 14.3 Å². The molecular formula is C21H22O5S. The third-order valence-corrected chi connectivity index (χ3v) is 5.42. The first-order valence-electron chi connectivity index (χ1n) is 8.74. The van der Waals surface area contributed by atoms with E-state index in [0.717, 1.165) is 16.7 Å². The second-order valence-electron chi connectivity index (χ2n) is 6.24. The lowest BCUT2D eigenvalue weighted by Gasteiger charge is -2.29. The van der Waals surface area contributed by atoms with Crippen LogP contribution in [0.3, 0.4) is 0 Å². The van der Waals surface area contributed by atoms with Crippen LogP contribution in [0.4, 0.5) is 0 Å². The molecule has 0 N–H and O–H groups in total. The van der Waals surface area contributed by atoms with Gasteiger partial charge in [0.1, 0.15) is 5.92 Å². The van der Waals surface area contributed by atoms with Crippen molar-refractivity contribution in [2.24, 2.45) is 5.92 Å². The Morgan fingerprint density at radius 3 is 2.59 bits per heavy atom. The summed E-state index contributed by atoms with van der Waals surface area (Å²) in [6.07, 6.45) is 2.16. The average Bonchev–Trinajstić information content (AvgIpc) is 3.21. The highest BCUT2D eigenvalue weighted by atomic mass is 32.1. The number of carbonyl (C=O) groups excluding carboxylic acids is 2. The summed E-state index contributed by atoms with van der Waals surface area (Å²) in [5.41, 5.74) is 2.79. The second kappa shape index (κ2) is 8.39. The molecule has 1 heterocycles. The van der Waals surface area contributed by atoms with Gasteiger partial charge in [-0.15, -0.1) is 0 Å². The van der Waals surface area contributed by atoms with Gasteiger partial charge in [-0.1, -0.05) is 6.07 Å². The maximum Gasteiger partial charge on any atom is 0.317 e.